The van der Waals surface area contributed by atoms with Gasteiger partial charge in [-0.2, -0.15) is 5.10 Å². The Bertz CT molecular complexity index is 579. The van der Waals surface area contributed by atoms with Crippen LogP contribution in [0.2, 0.25) is 0 Å². The van der Waals surface area contributed by atoms with Crippen molar-refractivity contribution in [2.75, 3.05) is 34.8 Å². The SMILES string of the molecule is CNC(c1snnc1C)c1c(OC)cnn1CCN(C)C. The van der Waals surface area contributed by atoms with Gasteiger partial charge in [0.15, 0.2) is 5.75 Å². The molecule has 1 unspecified atom stereocenters. The molecule has 0 radical (unpaired) electrons. The summed E-state index contributed by atoms with van der Waals surface area (Å²) < 4.78 is 11.5. The van der Waals surface area contributed by atoms with Crippen molar-refractivity contribution >= 4 is 11.5 Å². The smallest absolute Gasteiger partial charge is 0.161 e. The van der Waals surface area contributed by atoms with Gasteiger partial charge < -0.3 is 15.0 Å². The molecule has 2 rings (SSSR count). The summed E-state index contributed by atoms with van der Waals surface area (Å²) in [6.45, 7) is 3.68. The average molecular weight is 310 g/mol. The molecule has 116 valence electrons. The van der Waals surface area contributed by atoms with Crippen LogP contribution in [0, 0.1) is 6.92 Å². The summed E-state index contributed by atoms with van der Waals surface area (Å²) in [4.78, 5) is 3.22. The van der Waals surface area contributed by atoms with E-state index in [2.05, 4.69) is 24.9 Å². The van der Waals surface area contributed by atoms with Crippen molar-refractivity contribution in [3.05, 3.63) is 22.5 Å². The lowest BCUT2D eigenvalue weighted by Gasteiger charge is -2.19. The fourth-order valence-electron chi connectivity index (χ4n) is 2.19. The van der Waals surface area contributed by atoms with Crippen LogP contribution in [-0.2, 0) is 6.54 Å². The van der Waals surface area contributed by atoms with Gasteiger partial charge in [0.2, 0.25) is 0 Å². The molecule has 0 fully saturated rings. The number of methoxy groups -OCH3 is 1. The molecule has 0 saturated carbocycles. The Hall–Kier alpha value is -1.51. The molecule has 0 amide bonds. The van der Waals surface area contributed by atoms with Gasteiger partial charge in [0.05, 0.1) is 36.5 Å². The molecule has 0 bridgehead atoms. The van der Waals surface area contributed by atoms with E-state index in [1.807, 2.05) is 32.7 Å². The summed E-state index contributed by atoms with van der Waals surface area (Å²) in [5, 5.41) is 11.9. The number of ether oxygens (including phenoxy) is 1. The van der Waals surface area contributed by atoms with E-state index in [0.717, 1.165) is 35.1 Å². The van der Waals surface area contributed by atoms with Crippen LogP contribution < -0.4 is 10.1 Å². The lowest BCUT2D eigenvalue weighted by Crippen LogP contribution is -2.25. The van der Waals surface area contributed by atoms with Gasteiger partial charge in [-0.15, -0.1) is 5.10 Å². The summed E-state index contributed by atoms with van der Waals surface area (Å²) >= 11 is 1.40. The molecule has 0 saturated heterocycles. The second-order valence-corrected chi connectivity index (χ2v) is 5.85. The lowest BCUT2D eigenvalue weighted by atomic mass is 10.1. The van der Waals surface area contributed by atoms with E-state index in [0.29, 0.717) is 0 Å². The van der Waals surface area contributed by atoms with Crippen molar-refractivity contribution < 1.29 is 4.74 Å². The van der Waals surface area contributed by atoms with Crippen molar-refractivity contribution in [2.24, 2.45) is 0 Å². The van der Waals surface area contributed by atoms with E-state index in [-0.39, 0.29) is 6.04 Å². The first-order valence-corrected chi connectivity index (χ1v) is 7.56. The van der Waals surface area contributed by atoms with Gasteiger partial charge in [0, 0.05) is 6.54 Å². The number of hydrogen-bond acceptors (Lipinski definition) is 7. The molecule has 1 atom stereocenters. The second kappa shape index (κ2) is 6.97. The highest BCUT2D eigenvalue weighted by Crippen LogP contribution is 2.32. The largest absolute Gasteiger partial charge is 0.493 e. The Morgan fingerprint density at radius 3 is 2.76 bits per heavy atom. The predicted octanol–water partition coefficient (Wildman–Crippen LogP) is 0.922. The first-order valence-electron chi connectivity index (χ1n) is 6.79. The predicted molar refractivity (Wildman–Crippen MR) is 82.9 cm³/mol. The van der Waals surface area contributed by atoms with Crippen LogP contribution >= 0.6 is 11.5 Å². The maximum Gasteiger partial charge on any atom is 0.161 e. The molecule has 0 aliphatic heterocycles. The molecule has 2 aromatic heterocycles. The van der Waals surface area contributed by atoms with Crippen molar-refractivity contribution in [3.8, 4) is 5.75 Å². The van der Waals surface area contributed by atoms with Crippen molar-refractivity contribution in [2.45, 2.75) is 19.5 Å². The minimum absolute atomic E-state index is 0.0235. The monoisotopic (exact) mass is 310 g/mol. The fraction of sp³-hybridized carbons (Fsp3) is 0.615. The number of aromatic nitrogens is 4. The molecule has 2 aromatic rings. The number of nitrogens with zero attached hydrogens (tertiary/aromatic N) is 5. The first-order chi connectivity index (χ1) is 10.1. The maximum atomic E-state index is 5.48. The van der Waals surface area contributed by atoms with Gasteiger partial charge in [-0.3, -0.25) is 4.68 Å². The molecular formula is C13H22N6OS. The van der Waals surface area contributed by atoms with Gasteiger partial charge in [-0.25, -0.2) is 0 Å². The van der Waals surface area contributed by atoms with Gasteiger partial charge in [0.1, 0.15) is 5.69 Å². The summed E-state index contributed by atoms with van der Waals surface area (Å²) in [6, 6.07) is -0.0235. The Balaban J connectivity index is 2.39. The number of aryl methyl sites for hydroxylation is 1. The molecule has 7 nitrogen and oxygen atoms in total. The van der Waals surface area contributed by atoms with Crippen LogP contribution in [0.3, 0.4) is 0 Å². The Labute approximate surface area is 129 Å². The highest BCUT2D eigenvalue weighted by molar-refractivity contribution is 7.05. The van der Waals surface area contributed by atoms with E-state index >= 15 is 0 Å². The van der Waals surface area contributed by atoms with Crippen LogP contribution in [0.4, 0.5) is 0 Å². The second-order valence-electron chi connectivity index (χ2n) is 5.07. The Morgan fingerprint density at radius 1 is 1.48 bits per heavy atom. The maximum absolute atomic E-state index is 5.48. The van der Waals surface area contributed by atoms with Gasteiger partial charge in [-0.05, 0) is 39.6 Å². The van der Waals surface area contributed by atoms with Crippen LogP contribution in [0.25, 0.3) is 0 Å². The summed E-state index contributed by atoms with van der Waals surface area (Å²) in [6.07, 6.45) is 1.76. The highest BCUT2D eigenvalue weighted by atomic mass is 32.1. The number of likely N-dealkylation sites (N-methyl/N-ethyl adjacent to an activating group) is 1. The van der Waals surface area contributed by atoms with E-state index in [1.54, 1.807) is 13.3 Å². The molecule has 0 aliphatic rings. The van der Waals surface area contributed by atoms with E-state index in [1.165, 1.54) is 11.5 Å². The number of rotatable bonds is 7. The zero-order valence-corrected chi connectivity index (χ0v) is 13.9. The zero-order chi connectivity index (χ0) is 15.4. The van der Waals surface area contributed by atoms with Crippen LogP contribution in [0.5, 0.6) is 5.75 Å². The van der Waals surface area contributed by atoms with Crippen LogP contribution in [-0.4, -0.2) is 59.1 Å². The topological polar surface area (TPSA) is 68.1 Å². The number of hydrogen-bond donors (Lipinski definition) is 1. The van der Waals surface area contributed by atoms with E-state index in [4.69, 9.17) is 4.74 Å². The minimum Gasteiger partial charge on any atom is -0.493 e. The normalized spacial score (nSPS) is 12.9. The first kappa shape index (κ1) is 15.9. The highest BCUT2D eigenvalue weighted by Gasteiger charge is 2.25. The van der Waals surface area contributed by atoms with Crippen LogP contribution in [0.1, 0.15) is 22.3 Å². The van der Waals surface area contributed by atoms with Crippen molar-refractivity contribution in [1.29, 1.82) is 0 Å². The molecule has 0 aromatic carbocycles. The molecule has 0 aliphatic carbocycles. The summed E-state index contributed by atoms with van der Waals surface area (Å²) in [5.74, 6) is 0.779. The molecule has 21 heavy (non-hydrogen) atoms. The molecule has 0 spiro atoms. The third-order valence-electron chi connectivity index (χ3n) is 3.33. The zero-order valence-electron chi connectivity index (χ0n) is 13.1. The van der Waals surface area contributed by atoms with E-state index < -0.39 is 0 Å². The van der Waals surface area contributed by atoms with Gasteiger partial charge in [0.25, 0.3) is 0 Å². The average Bonchev–Trinajstić information content (AvgIpc) is 3.05. The van der Waals surface area contributed by atoms with E-state index in [9.17, 15) is 0 Å². The standard InChI is InChI=1S/C13H22N6OS/c1-9-13(21-17-16-9)11(14-2)12-10(20-5)8-15-19(12)7-6-18(3)4/h8,11,14H,6-7H2,1-5H3. The lowest BCUT2D eigenvalue weighted by molar-refractivity contribution is 0.361. The summed E-state index contributed by atoms with van der Waals surface area (Å²) in [7, 11) is 7.69. The Morgan fingerprint density at radius 2 is 2.24 bits per heavy atom. The molecular weight excluding hydrogens is 288 g/mol. The Kier molecular flexibility index (Phi) is 5.27. The third-order valence-corrected chi connectivity index (χ3v) is 4.23. The third kappa shape index (κ3) is 3.39. The fourth-order valence-corrected chi connectivity index (χ4v) is 2.95. The molecule has 2 heterocycles. The quantitative estimate of drug-likeness (QED) is 0.820. The van der Waals surface area contributed by atoms with Gasteiger partial charge >= 0.3 is 0 Å². The van der Waals surface area contributed by atoms with Crippen molar-refractivity contribution in [1.82, 2.24) is 29.6 Å². The molecule has 8 heteroatoms. The van der Waals surface area contributed by atoms with Gasteiger partial charge in [-0.1, -0.05) is 4.49 Å². The molecule has 1 N–H and O–H groups in total. The van der Waals surface area contributed by atoms with Crippen molar-refractivity contribution in [3.63, 3.8) is 0 Å². The van der Waals surface area contributed by atoms with Crippen LogP contribution in [0.15, 0.2) is 6.20 Å². The summed E-state index contributed by atoms with van der Waals surface area (Å²) in [5.41, 5.74) is 1.94. The number of nitrogens with one attached hydrogen (secondary N) is 1. The minimum atomic E-state index is -0.0235.